The van der Waals surface area contributed by atoms with Gasteiger partial charge in [-0.05, 0) is 158 Å². The first-order valence-electron chi connectivity index (χ1n) is 39.9. The molecule has 6 heterocycles. The molecule has 644 valence electrons. The van der Waals surface area contributed by atoms with Gasteiger partial charge >= 0.3 is 18.0 Å². The number of ketones is 2. The van der Waals surface area contributed by atoms with Crippen LogP contribution in [0.15, 0.2) is 79.0 Å². The normalized spacial score (nSPS) is 25.2. The number of para-hydroxylation sites is 1. The van der Waals surface area contributed by atoms with Crippen molar-refractivity contribution in [1.29, 1.82) is 0 Å². The van der Waals surface area contributed by atoms with Crippen LogP contribution in [-0.4, -0.2) is 246 Å². The predicted molar refractivity (Wildman–Crippen MR) is 432 cm³/mol. The SMILES string of the molecule is CCC(=O)N[C@H]1C[C@@H](COCCS(=O)(=O)O)N(CC(=O)C[C@H](C(=O)N[C@@H](C)C(=O)Cc2ccc(COC(=O)N(CCOC34CC5(C)CC(C)(CC(Cn6ncc(-c7ccc(N8CCc9cccc(C(=O)Nc%10nc%11ccccc%11s%10)c9C8)nc7C(=O)O)c6C)(C5)C3)C4)CCS(=O)(=O)O)c(CC[C@@H]3O[C@H](C(=O)O)[C@@H](O)[C@H](O)[C@H]3O)c2)C(C)C)C1=O. The maximum absolute atomic E-state index is 14.4. The quantitative estimate of drug-likeness (QED) is 0.0154. The van der Waals surface area contributed by atoms with Gasteiger partial charge in [0.15, 0.2) is 28.5 Å². The third-order valence-corrected chi connectivity index (χ3v) is 26.4. The van der Waals surface area contributed by atoms with Gasteiger partial charge < -0.3 is 69.8 Å². The molecule has 119 heavy (non-hydrogen) atoms. The Kier molecular flexibility index (Phi) is 27.1. The van der Waals surface area contributed by atoms with Crippen molar-refractivity contribution in [3.05, 3.63) is 124 Å². The number of fused-ring (bicyclic) bond motifs is 2. The summed E-state index contributed by atoms with van der Waals surface area (Å²) >= 11 is 1.38. The highest BCUT2D eigenvalue weighted by Gasteiger charge is 2.66. The highest BCUT2D eigenvalue weighted by atomic mass is 32.2. The number of benzene rings is 3. The lowest BCUT2D eigenvalue weighted by molar-refractivity contribution is -0.248. The molecule has 2 unspecified atom stereocenters. The first-order chi connectivity index (χ1) is 56.1. The number of aromatic carboxylic acids is 1. The number of Topliss-reactive ketones (excluding diaryl/α,β-unsaturated/α-hetero) is 2. The molecule has 4 bridgehead atoms. The van der Waals surface area contributed by atoms with Crippen molar-refractivity contribution in [2.45, 2.75) is 206 Å². The van der Waals surface area contributed by atoms with E-state index in [0.717, 1.165) is 51.2 Å². The number of likely N-dealkylation sites (tertiary alicyclic amines) is 1. The maximum Gasteiger partial charge on any atom is 0.410 e. The number of nitrogens with zero attached hydrogens (tertiary/aromatic N) is 7. The molecule has 6 aromatic rings. The molecule has 3 aromatic carbocycles. The van der Waals surface area contributed by atoms with Crippen LogP contribution in [0.1, 0.15) is 160 Å². The fourth-order valence-corrected chi connectivity index (χ4v) is 21.0. The molecule has 10 N–H and O–H groups in total. The van der Waals surface area contributed by atoms with Crippen LogP contribution in [0.25, 0.3) is 21.3 Å². The number of aryl methyl sites for hydroxylation is 1. The first kappa shape index (κ1) is 89.0. The number of pyridine rings is 1. The summed E-state index contributed by atoms with van der Waals surface area (Å²) in [4.78, 5) is 135. The Morgan fingerprint density at radius 2 is 1.55 bits per heavy atom. The topological polar surface area (TPSA) is 490 Å². The number of carboxylic acid groups (broad SMARTS) is 2. The molecule has 34 nitrogen and oxygen atoms in total. The molecule has 7 aliphatic rings. The summed E-state index contributed by atoms with van der Waals surface area (Å²) in [6, 6.07) is 18.5. The van der Waals surface area contributed by atoms with Gasteiger partial charge in [-0.15, -0.1) is 0 Å². The highest BCUT2D eigenvalue weighted by Crippen LogP contribution is 2.72. The Hall–Kier alpha value is -9.28. The molecule has 11 atom stereocenters. The zero-order valence-electron chi connectivity index (χ0n) is 67.4. The van der Waals surface area contributed by atoms with Crippen LogP contribution in [0.3, 0.4) is 0 Å². The molecule has 4 saturated carbocycles. The molecule has 6 fully saturated rings. The van der Waals surface area contributed by atoms with Gasteiger partial charge in [0.2, 0.25) is 17.7 Å². The standard InChI is InChI=1S/C82H104N10O24S3/c1-8-66(95)85-61-32-53(38-113-27-29-119(110,111)112)91(74(61)101)35-54(93)33-57(46(2)3)73(100)84-47(4)62(94)31-49-16-17-52(51(30-49)18-20-63-68(96)69(97)70(98)71(116-63)76(104)105)37-114-78(106)89(25-28-118(107,108)109)24-26-115-82-42-79(6)39-80(7,43-82)41-81(40-79,44-82)45-92-48(5)58(34-83-92)55-19-21-65(87-67(55)75(102)103)90-23-22-50-12-11-13-56(59(50)36-90)72(99)88-77-86-60-14-9-10-15-64(60)117-77/h9-17,19,21,30,34,46-47,53,57,61,63,68-71,96-98H,8,18,20,22-29,31-33,35-45H2,1-7H3,(H,84,100)(H,85,95)(H,102,103)(H,104,105)(H,86,88,99)(H,107,108,109)(H,110,111,112)/t47-,53-,57-,61-,63-,68-,69+,70-,71-,79?,80?,81?,82?/m0/s1. The van der Waals surface area contributed by atoms with Crippen LogP contribution in [-0.2, 0) is 107 Å². The highest BCUT2D eigenvalue weighted by molar-refractivity contribution is 7.86. The number of aliphatic hydroxyl groups is 3. The number of aliphatic hydroxyl groups excluding tert-OH is 3. The zero-order chi connectivity index (χ0) is 86.0. The maximum atomic E-state index is 14.4. The van der Waals surface area contributed by atoms with E-state index in [-0.39, 0.29) is 86.1 Å². The van der Waals surface area contributed by atoms with Crippen LogP contribution >= 0.6 is 11.3 Å². The Balaban J connectivity index is 0.705. The largest absolute Gasteiger partial charge is 0.479 e. The van der Waals surface area contributed by atoms with E-state index in [4.69, 9.17) is 29.0 Å². The average Bonchev–Trinajstić information content (AvgIpc) is 0.777. The Bertz CT molecular complexity index is 5060. The number of ether oxygens (including phenoxy) is 4. The molecule has 0 radical (unpaired) electrons. The summed E-state index contributed by atoms with van der Waals surface area (Å²) in [7, 11) is -9.03. The summed E-state index contributed by atoms with van der Waals surface area (Å²) in [6.07, 6.45) is -4.07. The van der Waals surface area contributed by atoms with Gasteiger partial charge in [-0.3, -0.25) is 47.9 Å². The number of thiazole rings is 1. The lowest BCUT2D eigenvalue weighted by atomic mass is 9.39. The summed E-state index contributed by atoms with van der Waals surface area (Å²) in [5.74, 6) is -8.53. The van der Waals surface area contributed by atoms with Gasteiger partial charge in [0.1, 0.15) is 36.8 Å². The van der Waals surface area contributed by atoms with Crippen LogP contribution in [0, 0.1) is 35.0 Å². The third-order valence-electron chi connectivity index (χ3n) is 24.0. The van der Waals surface area contributed by atoms with E-state index in [1.54, 1.807) is 63.4 Å². The summed E-state index contributed by atoms with van der Waals surface area (Å²) in [5.41, 5.74) is 4.17. The minimum atomic E-state index is -4.65. The second-order valence-corrected chi connectivity index (χ2v) is 38.1. The van der Waals surface area contributed by atoms with Gasteiger partial charge in [-0.1, -0.05) is 88.4 Å². The first-order valence-corrected chi connectivity index (χ1v) is 44.0. The van der Waals surface area contributed by atoms with E-state index in [2.05, 4.69) is 34.8 Å². The smallest absolute Gasteiger partial charge is 0.410 e. The molecule has 13 rings (SSSR count). The van der Waals surface area contributed by atoms with Gasteiger partial charge in [0, 0.05) is 80.3 Å². The number of carboxylic acids is 2. The van der Waals surface area contributed by atoms with Gasteiger partial charge in [-0.25, -0.2) is 24.4 Å². The minimum absolute atomic E-state index is 0.0245. The van der Waals surface area contributed by atoms with Crippen molar-refractivity contribution in [2.75, 3.05) is 67.7 Å². The van der Waals surface area contributed by atoms with Gasteiger partial charge in [-0.2, -0.15) is 21.9 Å². The number of hydrogen-bond donors (Lipinski definition) is 10. The van der Waals surface area contributed by atoms with Gasteiger partial charge in [0.05, 0.1) is 78.1 Å². The van der Waals surface area contributed by atoms with Crippen LogP contribution in [0.4, 0.5) is 15.7 Å². The van der Waals surface area contributed by atoms with E-state index >= 15 is 0 Å². The molecule has 3 aliphatic heterocycles. The summed E-state index contributed by atoms with van der Waals surface area (Å²) < 4.78 is 93.4. The molecular formula is C82H104N10O24S3. The van der Waals surface area contributed by atoms with Crippen molar-refractivity contribution >= 4 is 106 Å². The number of nitrogens with one attached hydrogen (secondary N) is 3. The molecule has 5 amide bonds. The monoisotopic (exact) mass is 1710 g/mol. The predicted octanol–water partition coefficient (Wildman–Crippen LogP) is 6.15. The van der Waals surface area contributed by atoms with Crippen molar-refractivity contribution in [1.82, 2.24) is 40.2 Å². The van der Waals surface area contributed by atoms with Crippen molar-refractivity contribution < 1.29 is 114 Å². The molecule has 2 saturated heterocycles. The lowest BCUT2D eigenvalue weighted by Gasteiger charge is -2.69. The number of carbonyl (C=O) groups is 9. The van der Waals surface area contributed by atoms with E-state index in [9.17, 15) is 94.6 Å². The van der Waals surface area contributed by atoms with E-state index in [1.165, 1.54) is 23.2 Å². The minimum Gasteiger partial charge on any atom is -0.479 e. The number of aromatic nitrogens is 4. The number of amides is 5. The van der Waals surface area contributed by atoms with Crippen LogP contribution in [0.5, 0.6) is 0 Å². The molecule has 37 heteroatoms. The molecular weight excluding hydrogens is 1610 g/mol. The Labute approximate surface area is 692 Å². The van der Waals surface area contributed by atoms with Crippen molar-refractivity contribution in [3.63, 3.8) is 0 Å². The van der Waals surface area contributed by atoms with E-state index in [1.807, 2.05) is 52.9 Å². The van der Waals surface area contributed by atoms with Gasteiger partial charge in [0.25, 0.3) is 26.1 Å². The fraction of sp³-hybridized carbons (Fsp3) is 0.561. The average molecular weight is 1710 g/mol. The van der Waals surface area contributed by atoms with E-state index in [0.29, 0.717) is 89.6 Å². The fourth-order valence-electron chi connectivity index (χ4n) is 19.3. The number of hydrogen-bond acceptors (Lipinski definition) is 25. The van der Waals surface area contributed by atoms with Crippen molar-refractivity contribution in [2.24, 2.45) is 28.1 Å². The summed E-state index contributed by atoms with van der Waals surface area (Å²) in [5, 5.41) is 66.6. The number of aliphatic carboxylic acids is 1. The van der Waals surface area contributed by atoms with Crippen LogP contribution < -0.4 is 20.9 Å². The molecule has 3 aromatic heterocycles. The second kappa shape index (κ2) is 36.2. The second-order valence-electron chi connectivity index (χ2n) is 34.0. The summed E-state index contributed by atoms with van der Waals surface area (Å²) in [6.45, 7) is 11.7. The molecule has 4 aliphatic carbocycles. The number of carbonyl (C=O) groups excluding carboxylic acids is 7. The lowest BCUT2D eigenvalue weighted by Crippen LogP contribution is -2.64. The van der Waals surface area contributed by atoms with E-state index < -0.39 is 171 Å². The Morgan fingerprint density at radius 1 is 0.815 bits per heavy atom. The Morgan fingerprint density at radius 3 is 2.24 bits per heavy atom. The number of anilines is 2. The number of rotatable bonds is 37. The third kappa shape index (κ3) is 21.2. The van der Waals surface area contributed by atoms with Crippen molar-refractivity contribution in [3.8, 4) is 11.1 Å². The zero-order valence-corrected chi connectivity index (χ0v) is 69.8. The molecule has 0 spiro atoms. The van der Waals surface area contributed by atoms with Crippen LogP contribution in [0.2, 0.25) is 0 Å².